The lowest BCUT2D eigenvalue weighted by atomic mass is 10.2. The maximum absolute atomic E-state index is 12.3. The van der Waals surface area contributed by atoms with E-state index in [-0.39, 0.29) is 6.33 Å². The van der Waals surface area contributed by atoms with Crippen molar-refractivity contribution in [1.29, 1.82) is 0 Å². The third-order valence-electron chi connectivity index (χ3n) is 0.849. The predicted octanol–water partition coefficient (Wildman–Crippen LogP) is 2.64. The lowest BCUT2D eigenvalue weighted by Gasteiger charge is -1.93. The van der Waals surface area contributed by atoms with Crippen LogP contribution in [0.3, 0.4) is 0 Å². The van der Waals surface area contributed by atoms with Crippen LogP contribution in [-0.2, 0) is 4.79 Å². The lowest BCUT2D eigenvalue weighted by molar-refractivity contribution is -0.108. The predicted molar refractivity (Wildman–Crippen MR) is 39.4 cm³/mol. The van der Waals surface area contributed by atoms with Crippen molar-refractivity contribution < 1.29 is 13.6 Å². The molecule has 1 nitrogen and oxygen atoms in total. The monoisotopic (exact) mass is 178 g/mol. The van der Waals surface area contributed by atoms with Gasteiger partial charge in [0, 0.05) is 0 Å². The molecule has 0 aliphatic carbocycles. The van der Waals surface area contributed by atoms with Crippen LogP contribution in [0.1, 0.15) is 0 Å². The second-order valence-corrected chi connectivity index (χ2v) is 1.89. The Bertz CT molecular complexity index is 231. The summed E-state index contributed by atoms with van der Waals surface area (Å²) < 4.78 is 23.8. The highest BCUT2D eigenvalue weighted by molar-refractivity contribution is 6.68. The SMILES string of the molecule is C=C/C=C(C(=O)Cl)\C(F)=C\F. The highest BCUT2D eigenvalue weighted by atomic mass is 35.5. The first kappa shape index (κ1) is 10.0. The maximum Gasteiger partial charge on any atom is 0.255 e. The largest absolute Gasteiger partial charge is 0.275 e. The van der Waals surface area contributed by atoms with Crippen LogP contribution in [0.4, 0.5) is 8.78 Å². The molecule has 60 valence electrons. The van der Waals surface area contributed by atoms with Crippen LogP contribution in [-0.4, -0.2) is 5.24 Å². The summed E-state index contributed by atoms with van der Waals surface area (Å²) in [5.41, 5.74) is -0.538. The van der Waals surface area contributed by atoms with E-state index in [0.717, 1.165) is 12.2 Å². The van der Waals surface area contributed by atoms with Crippen molar-refractivity contribution in [3.8, 4) is 0 Å². The molecule has 0 saturated carbocycles. The fraction of sp³-hybridized carbons (Fsp3) is 0. The van der Waals surface area contributed by atoms with Gasteiger partial charge in [0.2, 0.25) is 0 Å². The normalized spacial score (nSPS) is 13.0. The molecule has 0 N–H and O–H groups in total. The van der Waals surface area contributed by atoms with E-state index in [2.05, 4.69) is 6.58 Å². The van der Waals surface area contributed by atoms with E-state index in [4.69, 9.17) is 11.6 Å². The van der Waals surface area contributed by atoms with E-state index >= 15 is 0 Å². The number of hydrogen-bond donors (Lipinski definition) is 0. The van der Waals surface area contributed by atoms with Crippen molar-refractivity contribution in [3.05, 3.63) is 36.5 Å². The molecule has 0 saturated heterocycles. The van der Waals surface area contributed by atoms with Gasteiger partial charge in [0.1, 0.15) is 6.33 Å². The van der Waals surface area contributed by atoms with Crippen LogP contribution < -0.4 is 0 Å². The molecule has 0 heterocycles. The Morgan fingerprint density at radius 1 is 1.55 bits per heavy atom. The number of rotatable bonds is 3. The molecule has 0 amide bonds. The van der Waals surface area contributed by atoms with E-state index < -0.39 is 16.6 Å². The zero-order valence-corrected chi connectivity index (χ0v) is 6.24. The molecule has 0 aromatic rings. The summed E-state index contributed by atoms with van der Waals surface area (Å²) in [4.78, 5) is 10.3. The Morgan fingerprint density at radius 2 is 2.09 bits per heavy atom. The van der Waals surface area contributed by atoms with E-state index in [1.807, 2.05) is 0 Å². The van der Waals surface area contributed by atoms with Gasteiger partial charge in [-0.15, -0.1) is 0 Å². The van der Waals surface area contributed by atoms with Crippen molar-refractivity contribution in [3.63, 3.8) is 0 Å². The lowest BCUT2D eigenvalue weighted by Crippen LogP contribution is -1.92. The van der Waals surface area contributed by atoms with Gasteiger partial charge in [0.15, 0.2) is 5.83 Å². The quantitative estimate of drug-likeness (QED) is 0.369. The minimum Gasteiger partial charge on any atom is -0.275 e. The molecular weight excluding hydrogens is 174 g/mol. The van der Waals surface area contributed by atoms with Crippen LogP contribution >= 0.6 is 11.6 Å². The van der Waals surface area contributed by atoms with Crippen LogP contribution in [0.25, 0.3) is 0 Å². The Balaban J connectivity index is 4.76. The van der Waals surface area contributed by atoms with Gasteiger partial charge in [-0.3, -0.25) is 4.79 Å². The van der Waals surface area contributed by atoms with Crippen LogP contribution in [0.5, 0.6) is 0 Å². The molecular formula is C7H5ClF2O. The smallest absolute Gasteiger partial charge is 0.255 e. The molecule has 0 aromatic carbocycles. The highest BCUT2D eigenvalue weighted by Gasteiger charge is 2.10. The van der Waals surface area contributed by atoms with Crippen LogP contribution in [0.15, 0.2) is 36.5 Å². The minimum atomic E-state index is -1.30. The molecule has 0 radical (unpaired) electrons. The number of carbonyl (C=O) groups is 1. The molecule has 0 atom stereocenters. The van der Waals surface area contributed by atoms with Crippen molar-refractivity contribution in [2.75, 3.05) is 0 Å². The first-order valence-electron chi connectivity index (χ1n) is 2.62. The van der Waals surface area contributed by atoms with E-state index in [9.17, 15) is 13.6 Å². The molecule has 4 heteroatoms. The van der Waals surface area contributed by atoms with Gasteiger partial charge in [-0.1, -0.05) is 12.7 Å². The Kier molecular flexibility index (Phi) is 4.38. The van der Waals surface area contributed by atoms with Gasteiger partial charge in [0.05, 0.1) is 5.57 Å². The van der Waals surface area contributed by atoms with Crippen molar-refractivity contribution in [2.24, 2.45) is 0 Å². The summed E-state index contributed by atoms with van der Waals surface area (Å²) in [7, 11) is 0. The standard InChI is InChI=1S/C7H5ClF2O/c1-2-3-5(7(8)11)6(10)4-9/h2-4H,1H2/b5-3+,6-4-. The summed E-state index contributed by atoms with van der Waals surface area (Å²) in [5, 5.41) is -1.06. The molecule has 0 unspecified atom stereocenters. The summed E-state index contributed by atoms with van der Waals surface area (Å²) in [5.74, 6) is -1.30. The first-order chi connectivity index (χ1) is 5.13. The summed E-state index contributed by atoms with van der Waals surface area (Å²) in [6, 6.07) is 0. The average molecular weight is 179 g/mol. The molecule has 0 aliphatic rings. The molecule has 0 fully saturated rings. The fourth-order valence-electron chi connectivity index (χ4n) is 0.416. The molecule has 0 aromatic heterocycles. The maximum atomic E-state index is 12.3. The van der Waals surface area contributed by atoms with Gasteiger partial charge in [-0.2, -0.15) is 0 Å². The van der Waals surface area contributed by atoms with Crippen molar-refractivity contribution in [1.82, 2.24) is 0 Å². The van der Waals surface area contributed by atoms with Gasteiger partial charge < -0.3 is 0 Å². The third-order valence-corrected chi connectivity index (χ3v) is 1.05. The number of allylic oxidation sites excluding steroid dienone is 4. The summed E-state index contributed by atoms with van der Waals surface area (Å²) >= 11 is 4.89. The molecule has 0 aliphatic heterocycles. The molecule has 0 rings (SSSR count). The zero-order valence-electron chi connectivity index (χ0n) is 5.48. The van der Waals surface area contributed by atoms with Gasteiger partial charge in [-0.05, 0) is 17.7 Å². The van der Waals surface area contributed by atoms with Crippen LogP contribution in [0, 0.1) is 0 Å². The number of halogens is 3. The first-order valence-corrected chi connectivity index (χ1v) is 3.00. The van der Waals surface area contributed by atoms with E-state index in [0.29, 0.717) is 0 Å². The van der Waals surface area contributed by atoms with Crippen molar-refractivity contribution >= 4 is 16.8 Å². The second kappa shape index (κ2) is 4.79. The highest BCUT2D eigenvalue weighted by Crippen LogP contribution is 2.14. The fourth-order valence-corrected chi connectivity index (χ4v) is 0.569. The molecule has 0 bridgehead atoms. The van der Waals surface area contributed by atoms with Crippen molar-refractivity contribution in [2.45, 2.75) is 0 Å². The summed E-state index contributed by atoms with van der Waals surface area (Å²) in [6.07, 6.45) is 1.79. The summed E-state index contributed by atoms with van der Waals surface area (Å²) in [6.45, 7) is 3.20. The zero-order chi connectivity index (χ0) is 8.85. The third kappa shape index (κ3) is 3.09. The molecule has 0 spiro atoms. The Labute approximate surface area is 67.7 Å². The topological polar surface area (TPSA) is 17.1 Å². The van der Waals surface area contributed by atoms with Crippen LogP contribution in [0.2, 0.25) is 0 Å². The number of hydrogen-bond acceptors (Lipinski definition) is 1. The minimum absolute atomic E-state index is 0.338. The van der Waals surface area contributed by atoms with E-state index in [1.165, 1.54) is 0 Å². The Morgan fingerprint density at radius 3 is 2.36 bits per heavy atom. The van der Waals surface area contributed by atoms with E-state index in [1.54, 1.807) is 0 Å². The number of carbonyl (C=O) groups excluding carboxylic acids is 1. The van der Waals surface area contributed by atoms with Gasteiger partial charge in [-0.25, -0.2) is 8.78 Å². The Hall–Kier alpha value is -0.960. The molecule has 11 heavy (non-hydrogen) atoms. The second-order valence-electron chi connectivity index (χ2n) is 1.55. The average Bonchev–Trinajstić information content (AvgIpc) is 1.98. The van der Waals surface area contributed by atoms with Gasteiger partial charge in [0.25, 0.3) is 5.24 Å². The van der Waals surface area contributed by atoms with Gasteiger partial charge >= 0.3 is 0 Å².